The minimum Gasteiger partial charge on any atom is -0.496 e. The molecule has 0 aliphatic heterocycles. The van der Waals surface area contributed by atoms with Crippen molar-refractivity contribution in [2.24, 2.45) is 0 Å². The van der Waals surface area contributed by atoms with Crippen LogP contribution in [0.25, 0.3) is 0 Å². The van der Waals surface area contributed by atoms with Crippen molar-refractivity contribution in [3.63, 3.8) is 0 Å². The fourth-order valence-corrected chi connectivity index (χ4v) is 3.72. The predicted molar refractivity (Wildman–Crippen MR) is 105 cm³/mol. The van der Waals surface area contributed by atoms with Gasteiger partial charge in [0.25, 0.3) is 5.91 Å². The molecule has 0 saturated heterocycles. The summed E-state index contributed by atoms with van der Waals surface area (Å²) in [7, 11) is -0.616. The highest BCUT2D eigenvalue weighted by Crippen LogP contribution is 2.24. The lowest BCUT2D eigenvalue weighted by atomic mass is 10.1. The van der Waals surface area contributed by atoms with E-state index in [4.69, 9.17) is 4.74 Å². The summed E-state index contributed by atoms with van der Waals surface area (Å²) in [4.78, 5) is 12.6. The number of methoxy groups -OCH3 is 1. The number of benzene rings is 2. The number of ether oxygens (including phenoxy) is 1. The highest BCUT2D eigenvalue weighted by Gasteiger charge is 2.22. The van der Waals surface area contributed by atoms with Gasteiger partial charge in [-0.15, -0.1) is 0 Å². The molecule has 0 saturated carbocycles. The second-order valence-electron chi connectivity index (χ2n) is 6.38. The monoisotopic (exact) mass is 390 g/mol. The molecule has 0 radical (unpaired) electrons. The average molecular weight is 391 g/mol. The zero-order valence-corrected chi connectivity index (χ0v) is 16.9. The van der Waals surface area contributed by atoms with E-state index in [1.807, 2.05) is 13.8 Å². The molecule has 0 heterocycles. The molecule has 0 aliphatic rings. The van der Waals surface area contributed by atoms with Crippen molar-refractivity contribution >= 4 is 15.9 Å². The van der Waals surface area contributed by atoms with Gasteiger partial charge in [-0.05, 0) is 43.7 Å². The first-order valence-corrected chi connectivity index (χ1v) is 10.2. The van der Waals surface area contributed by atoms with E-state index >= 15 is 0 Å². The van der Waals surface area contributed by atoms with Gasteiger partial charge in [0.15, 0.2) is 0 Å². The van der Waals surface area contributed by atoms with Crippen LogP contribution in [-0.2, 0) is 16.6 Å². The Balaban J connectivity index is 2.29. The van der Waals surface area contributed by atoms with Gasteiger partial charge in [-0.1, -0.05) is 25.1 Å². The molecular weight excluding hydrogens is 364 g/mol. The lowest BCUT2D eigenvalue weighted by Gasteiger charge is -2.19. The minimum atomic E-state index is -3.64. The molecule has 7 heteroatoms. The molecule has 0 spiro atoms. The number of hydrogen-bond donors (Lipinski definition) is 1. The molecule has 1 atom stereocenters. The van der Waals surface area contributed by atoms with Gasteiger partial charge in [0, 0.05) is 30.8 Å². The quantitative estimate of drug-likeness (QED) is 0.752. The third-order valence-corrected chi connectivity index (χ3v) is 6.19. The number of carbonyl (C=O) groups excluding carboxylic acids is 1. The number of carbonyl (C=O) groups is 1. The molecule has 2 aromatic rings. The molecule has 1 unspecified atom stereocenters. The van der Waals surface area contributed by atoms with Gasteiger partial charge in [0.2, 0.25) is 10.0 Å². The minimum absolute atomic E-state index is 0.0594. The summed E-state index contributed by atoms with van der Waals surface area (Å²) >= 11 is 0. The molecule has 27 heavy (non-hydrogen) atoms. The molecule has 1 amide bonds. The van der Waals surface area contributed by atoms with E-state index in [9.17, 15) is 13.2 Å². The van der Waals surface area contributed by atoms with E-state index in [1.54, 1.807) is 48.5 Å². The second-order valence-corrected chi connectivity index (χ2v) is 8.43. The largest absolute Gasteiger partial charge is 0.496 e. The van der Waals surface area contributed by atoms with Gasteiger partial charge >= 0.3 is 0 Å². The van der Waals surface area contributed by atoms with E-state index in [0.29, 0.717) is 16.9 Å². The van der Waals surface area contributed by atoms with Crippen molar-refractivity contribution in [3.8, 4) is 5.75 Å². The molecule has 1 N–H and O–H groups in total. The highest BCUT2D eigenvalue weighted by molar-refractivity contribution is 7.89. The normalized spacial score (nSPS) is 12.6. The molecule has 2 aromatic carbocycles. The standard InChI is InChI=1S/C20H26N2O4S/c1-5-15(2)21-20(23)16-11-12-19(26-4)17(13-16)14-22(3)27(24,25)18-9-7-6-8-10-18/h6-13,15H,5,14H2,1-4H3,(H,21,23). The van der Waals surface area contributed by atoms with Crippen LogP contribution in [0.2, 0.25) is 0 Å². The molecule has 2 rings (SSSR count). The van der Waals surface area contributed by atoms with Crippen LogP contribution in [0.4, 0.5) is 0 Å². The van der Waals surface area contributed by atoms with Gasteiger partial charge in [-0.2, -0.15) is 4.31 Å². The van der Waals surface area contributed by atoms with Gasteiger partial charge < -0.3 is 10.1 Å². The number of sulfonamides is 1. The third kappa shape index (κ3) is 5.08. The van der Waals surface area contributed by atoms with Crippen molar-refractivity contribution in [1.29, 1.82) is 0 Å². The lowest BCUT2D eigenvalue weighted by molar-refractivity contribution is 0.0939. The summed E-state index contributed by atoms with van der Waals surface area (Å²) in [5, 5.41) is 2.91. The number of amides is 1. The van der Waals surface area contributed by atoms with E-state index in [2.05, 4.69) is 5.32 Å². The first-order valence-electron chi connectivity index (χ1n) is 8.78. The van der Waals surface area contributed by atoms with Crippen LogP contribution in [0.3, 0.4) is 0 Å². The van der Waals surface area contributed by atoms with E-state index in [0.717, 1.165) is 6.42 Å². The van der Waals surface area contributed by atoms with Crippen LogP contribution >= 0.6 is 0 Å². The summed E-state index contributed by atoms with van der Waals surface area (Å²) < 4.78 is 32.1. The van der Waals surface area contributed by atoms with Crippen molar-refractivity contribution in [2.75, 3.05) is 14.2 Å². The summed E-state index contributed by atoms with van der Waals surface area (Å²) in [6.07, 6.45) is 0.826. The second kappa shape index (κ2) is 9.01. The number of rotatable bonds is 8. The molecule has 0 aliphatic carbocycles. The van der Waals surface area contributed by atoms with Gasteiger partial charge in [-0.3, -0.25) is 4.79 Å². The molecular formula is C20H26N2O4S. The zero-order valence-electron chi connectivity index (χ0n) is 16.1. The molecule has 0 bridgehead atoms. The lowest BCUT2D eigenvalue weighted by Crippen LogP contribution is -2.32. The van der Waals surface area contributed by atoms with Crippen LogP contribution in [0, 0.1) is 0 Å². The van der Waals surface area contributed by atoms with Crippen LogP contribution in [0.5, 0.6) is 5.75 Å². The van der Waals surface area contributed by atoms with Crippen molar-refractivity contribution in [2.45, 2.75) is 37.8 Å². The summed E-state index contributed by atoms with van der Waals surface area (Å²) in [5.41, 5.74) is 1.09. The first-order chi connectivity index (χ1) is 12.8. The van der Waals surface area contributed by atoms with Crippen molar-refractivity contribution < 1.29 is 17.9 Å². The maximum atomic E-state index is 12.7. The number of nitrogens with one attached hydrogen (secondary N) is 1. The van der Waals surface area contributed by atoms with E-state index in [1.165, 1.54) is 18.5 Å². The Morgan fingerprint density at radius 1 is 1.19 bits per heavy atom. The Bertz CT molecular complexity index is 882. The fraction of sp³-hybridized carbons (Fsp3) is 0.350. The maximum Gasteiger partial charge on any atom is 0.251 e. The molecule has 6 nitrogen and oxygen atoms in total. The average Bonchev–Trinajstić information content (AvgIpc) is 2.68. The summed E-state index contributed by atoms with van der Waals surface area (Å²) in [6, 6.07) is 13.3. The van der Waals surface area contributed by atoms with E-state index < -0.39 is 10.0 Å². The van der Waals surface area contributed by atoms with Crippen LogP contribution in [0.1, 0.15) is 36.2 Å². The Labute approximate surface area is 161 Å². The number of hydrogen-bond acceptors (Lipinski definition) is 4. The third-order valence-electron chi connectivity index (χ3n) is 4.38. The van der Waals surface area contributed by atoms with Crippen LogP contribution in [0.15, 0.2) is 53.4 Å². The van der Waals surface area contributed by atoms with Crippen molar-refractivity contribution in [3.05, 3.63) is 59.7 Å². The van der Waals surface area contributed by atoms with Gasteiger partial charge in [0.1, 0.15) is 5.75 Å². The zero-order chi connectivity index (χ0) is 20.0. The smallest absolute Gasteiger partial charge is 0.251 e. The molecule has 0 aromatic heterocycles. The SMILES string of the molecule is CCC(C)NC(=O)c1ccc(OC)c(CN(C)S(=O)(=O)c2ccccc2)c1. The van der Waals surface area contributed by atoms with Gasteiger partial charge in [0.05, 0.1) is 12.0 Å². The first kappa shape index (κ1) is 20.9. The van der Waals surface area contributed by atoms with Crippen molar-refractivity contribution in [1.82, 2.24) is 9.62 Å². The Morgan fingerprint density at radius 2 is 1.85 bits per heavy atom. The Kier molecular flexibility index (Phi) is 6.98. The van der Waals surface area contributed by atoms with Crippen LogP contribution < -0.4 is 10.1 Å². The summed E-state index contributed by atoms with van der Waals surface area (Å²) in [5.74, 6) is 0.340. The van der Waals surface area contributed by atoms with Gasteiger partial charge in [-0.25, -0.2) is 8.42 Å². The Morgan fingerprint density at radius 3 is 2.44 bits per heavy atom. The molecule has 0 fully saturated rings. The predicted octanol–water partition coefficient (Wildman–Crippen LogP) is 3.04. The summed E-state index contributed by atoms with van der Waals surface area (Å²) in [6.45, 7) is 4.02. The highest BCUT2D eigenvalue weighted by atomic mass is 32.2. The maximum absolute atomic E-state index is 12.7. The topological polar surface area (TPSA) is 75.7 Å². The Hall–Kier alpha value is -2.38. The van der Waals surface area contributed by atoms with E-state index in [-0.39, 0.29) is 23.4 Å². The number of nitrogens with zero attached hydrogens (tertiary/aromatic N) is 1. The van der Waals surface area contributed by atoms with Crippen LogP contribution in [-0.4, -0.2) is 38.8 Å². The fourth-order valence-electron chi connectivity index (χ4n) is 2.55. The molecule has 146 valence electrons.